The van der Waals surface area contributed by atoms with E-state index in [9.17, 15) is 13.2 Å². The van der Waals surface area contributed by atoms with Gasteiger partial charge < -0.3 is 4.74 Å². The molecule has 1 aromatic heterocycles. The van der Waals surface area contributed by atoms with Crippen LogP contribution in [-0.4, -0.2) is 6.18 Å². The largest absolute Gasteiger partial charge is 0.455 e. The monoisotopic (exact) mass is 542 g/mol. The summed E-state index contributed by atoms with van der Waals surface area (Å²) >= 11 is 0. The predicted octanol–water partition coefficient (Wildman–Crippen LogP) is 9.77. The molecule has 4 aromatic carbocycles. The van der Waals surface area contributed by atoms with E-state index in [0.717, 1.165) is 56.3 Å². The number of fused-ring (bicyclic) bond motifs is 5. The van der Waals surface area contributed by atoms with Gasteiger partial charge in [-0.2, -0.15) is 13.2 Å². The van der Waals surface area contributed by atoms with Gasteiger partial charge in [0.1, 0.15) is 18.5 Å². The predicted molar refractivity (Wildman–Crippen MR) is 157 cm³/mol. The van der Waals surface area contributed by atoms with Crippen LogP contribution in [0.2, 0.25) is 0 Å². The van der Waals surface area contributed by atoms with Crippen molar-refractivity contribution in [1.82, 2.24) is 0 Å². The maximum Gasteiger partial charge on any atom is 0.394 e. The Bertz CT molecular complexity index is 1840. The molecule has 0 amide bonds. The van der Waals surface area contributed by atoms with Crippen LogP contribution in [0.15, 0.2) is 60.8 Å². The highest BCUT2D eigenvalue weighted by molar-refractivity contribution is 6.17. The lowest BCUT2D eigenvalue weighted by Gasteiger charge is -2.30. The van der Waals surface area contributed by atoms with Gasteiger partial charge in [-0.3, -0.25) is 0 Å². The van der Waals surface area contributed by atoms with Crippen LogP contribution in [0.3, 0.4) is 0 Å². The molecule has 0 unspecified atom stereocenters. The van der Waals surface area contributed by atoms with E-state index >= 15 is 0 Å². The summed E-state index contributed by atoms with van der Waals surface area (Å²) in [4.78, 5) is 0. The van der Waals surface area contributed by atoms with Crippen molar-refractivity contribution in [3.05, 3.63) is 77.5 Å². The normalized spacial score (nSPS) is 13.7. The second kappa shape index (κ2) is 8.70. The topological polar surface area (TPSA) is 13.1 Å². The second-order valence-electron chi connectivity index (χ2n) is 13.2. The van der Waals surface area contributed by atoms with Crippen LogP contribution < -0.4 is 9.30 Å². The number of aryl methyl sites for hydroxylation is 2. The summed E-state index contributed by atoms with van der Waals surface area (Å²) in [7, 11) is 2.04. The van der Waals surface area contributed by atoms with Crippen molar-refractivity contribution in [2.75, 3.05) is 0 Å². The molecule has 0 saturated heterocycles. The van der Waals surface area contributed by atoms with Crippen molar-refractivity contribution >= 4 is 32.3 Å². The Labute approximate surface area is 233 Å². The summed E-state index contributed by atoms with van der Waals surface area (Å²) in [5.41, 5.74) is 3.31. The maximum atomic E-state index is 13.9. The van der Waals surface area contributed by atoms with Crippen molar-refractivity contribution in [2.24, 2.45) is 17.9 Å². The van der Waals surface area contributed by atoms with Crippen molar-refractivity contribution in [3.63, 3.8) is 0 Å². The molecule has 0 N–H and O–H groups in total. The molecule has 0 spiro atoms. The lowest BCUT2D eigenvalue weighted by atomic mass is 9.80. The number of pyridine rings is 1. The van der Waals surface area contributed by atoms with Crippen LogP contribution in [-0.2, 0) is 19.9 Å². The fraction of sp³-hybridized carbons (Fsp3) is 0.343. The van der Waals surface area contributed by atoms with Gasteiger partial charge in [0.25, 0.3) is 0 Å². The first-order valence-corrected chi connectivity index (χ1v) is 13.8. The third-order valence-electron chi connectivity index (χ3n) is 8.40. The van der Waals surface area contributed by atoms with E-state index in [1.54, 1.807) is 0 Å². The molecule has 0 fully saturated rings. The summed E-state index contributed by atoms with van der Waals surface area (Å²) in [6, 6.07) is 18.2. The number of nitrogens with zero attached hydrogens (tertiary/aromatic N) is 1. The summed E-state index contributed by atoms with van der Waals surface area (Å²) < 4.78 is 50.9. The first-order valence-electron chi connectivity index (χ1n) is 13.8. The molecule has 206 valence electrons. The fourth-order valence-corrected chi connectivity index (χ4v) is 6.36. The van der Waals surface area contributed by atoms with Gasteiger partial charge in [0, 0.05) is 17.0 Å². The van der Waals surface area contributed by atoms with Crippen molar-refractivity contribution < 1.29 is 22.5 Å². The highest BCUT2D eigenvalue weighted by atomic mass is 19.4. The van der Waals surface area contributed by atoms with E-state index in [2.05, 4.69) is 56.5 Å². The lowest BCUT2D eigenvalue weighted by molar-refractivity contribution is -0.659. The van der Waals surface area contributed by atoms with Gasteiger partial charge in [0.2, 0.25) is 5.69 Å². The van der Waals surface area contributed by atoms with E-state index < -0.39 is 11.6 Å². The minimum Gasteiger partial charge on any atom is -0.455 e. The van der Waals surface area contributed by atoms with Gasteiger partial charge in [0.15, 0.2) is 6.20 Å². The molecule has 2 heterocycles. The summed E-state index contributed by atoms with van der Waals surface area (Å²) in [5, 5.41) is 6.01. The van der Waals surface area contributed by atoms with Crippen molar-refractivity contribution in [2.45, 2.75) is 60.6 Å². The standard InChI is InChI=1S/C35H35F3NO/c1-20-23-13-8-9-14-24(23)26(19-33(2,3)4)32-28(20)31-30-25(15-16-39(31)7)29-21(17-27(30)40-32)11-10-12-22(29)18-34(5,6)35(36,37)38/h8-17H,18-19H2,1-7H3/q+1. The van der Waals surface area contributed by atoms with Crippen molar-refractivity contribution in [3.8, 4) is 22.8 Å². The molecule has 0 saturated carbocycles. The van der Waals surface area contributed by atoms with E-state index in [0.29, 0.717) is 5.56 Å². The highest BCUT2D eigenvalue weighted by Gasteiger charge is 2.47. The average Bonchev–Trinajstić information content (AvgIpc) is 2.86. The van der Waals surface area contributed by atoms with E-state index in [1.165, 1.54) is 30.2 Å². The molecular formula is C35H35F3NO+. The SMILES string of the molecule is Cc1c2c(c(CC(C)(C)C)c3ccccc13)Oc1cc3cccc(CC(C)(C)C(F)(F)F)c3c3cc[n+](C)c-2c13. The van der Waals surface area contributed by atoms with E-state index in [1.807, 2.05) is 43.6 Å². The number of ether oxygens (including phenoxy) is 1. The Kier molecular flexibility index (Phi) is 5.79. The number of rotatable bonds is 3. The Morgan fingerprint density at radius 1 is 0.800 bits per heavy atom. The van der Waals surface area contributed by atoms with Crippen LogP contribution in [0.1, 0.15) is 51.3 Å². The smallest absolute Gasteiger partial charge is 0.394 e. The van der Waals surface area contributed by atoms with E-state index in [-0.39, 0.29) is 11.8 Å². The average molecular weight is 543 g/mol. The van der Waals surface area contributed by atoms with Gasteiger partial charge >= 0.3 is 6.18 Å². The Hall–Kier alpha value is -3.60. The molecule has 0 radical (unpaired) electrons. The molecule has 40 heavy (non-hydrogen) atoms. The van der Waals surface area contributed by atoms with Gasteiger partial charge in [-0.25, -0.2) is 4.57 Å². The van der Waals surface area contributed by atoms with Gasteiger partial charge in [-0.05, 0) is 63.9 Å². The molecule has 5 aromatic rings. The number of hydrogen-bond acceptors (Lipinski definition) is 1. The Balaban J connectivity index is 1.72. The molecule has 0 bridgehead atoms. The number of alkyl halides is 3. The quantitative estimate of drug-likeness (QED) is 0.160. The molecule has 0 atom stereocenters. The molecule has 2 nitrogen and oxygen atoms in total. The zero-order valence-electron chi connectivity index (χ0n) is 24.2. The van der Waals surface area contributed by atoms with Gasteiger partial charge in [0.05, 0.1) is 16.4 Å². The molecule has 0 aliphatic carbocycles. The van der Waals surface area contributed by atoms with Crippen LogP contribution in [0.25, 0.3) is 43.6 Å². The molecule has 1 aliphatic heterocycles. The highest BCUT2D eigenvalue weighted by Crippen LogP contribution is 2.53. The molecular weight excluding hydrogens is 507 g/mol. The third kappa shape index (κ3) is 4.05. The van der Waals surface area contributed by atoms with Crippen molar-refractivity contribution in [1.29, 1.82) is 0 Å². The number of aromatic nitrogens is 1. The summed E-state index contributed by atoms with van der Waals surface area (Å²) in [6.45, 7) is 11.4. The van der Waals surface area contributed by atoms with Gasteiger partial charge in [-0.1, -0.05) is 77.1 Å². The fourth-order valence-electron chi connectivity index (χ4n) is 6.36. The zero-order chi connectivity index (χ0) is 28.8. The molecule has 6 rings (SSSR count). The number of halogens is 3. The van der Waals surface area contributed by atoms with Crippen LogP contribution in [0.5, 0.6) is 11.5 Å². The maximum absolute atomic E-state index is 13.9. The van der Waals surface area contributed by atoms with Crippen LogP contribution in [0, 0.1) is 17.8 Å². The Morgan fingerprint density at radius 2 is 1.50 bits per heavy atom. The van der Waals surface area contributed by atoms with Crippen LogP contribution >= 0.6 is 0 Å². The molecule has 5 heteroatoms. The number of hydrogen-bond donors (Lipinski definition) is 0. The number of benzene rings is 4. The summed E-state index contributed by atoms with van der Waals surface area (Å²) in [5.74, 6) is 1.63. The lowest BCUT2D eigenvalue weighted by Crippen LogP contribution is -2.34. The van der Waals surface area contributed by atoms with Gasteiger partial charge in [-0.15, -0.1) is 0 Å². The zero-order valence-corrected chi connectivity index (χ0v) is 24.2. The Morgan fingerprint density at radius 3 is 2.17 bits per heavy atom. The summed E-state index contributed by atoms with van der Waals surface area (Å²) in [6.07, 6.45) is -1.54. The minimum absolute atomic E-state index is 0.0349. The van der Waals surface area contributed by atoms with E-state index in [4.69, 9.17) is 4.74 Å². The van der Waals surface area contributed by atoms with Crippen LogP contribution in [0.4, 0.5) is 13.2 Å². The first kappa shape index (κ1) is 26.6. The first-order chi connectivity index (χ1) is 18.7. The minimum atomic E-state index is -4.31. The molecule has 1 aliphatic rings. The second-order valence-corrected chi connectivity index (χ2v) is 13.2. The third-order valence-corrected chi connectivity index (χ3v) is 8.40.